The van der Waals surface area contributed by atoms with Crippen molar-refractivity contribution in [3.63, 3.8) is 0 Å². The minimum absolute atomic E-state index is 0.00551. The predicted molar refractivity (Wildman–Crippen MR) is 59.0 cm³/mol. The molecule has 0 aromatic carbocycles. The smallest absolute Gasteiger partial charge is 0.505 e. The maximum atomic E-state index is 11.4. The third-order valence-corrected chi connectivity index (χ3v) is 2.39. The first-order valence-electron chi connectivity index (χ1n) is 5.36. The first-order valence-corrected chi connectivity index (χ1v) is 5.36. The van der Waals surface area contributed by atoms with E-state index < -0.39 is 13.1 Å². The highest BCUT2D eigenvalue weighted by atomic mass is 16.6. The van der Waals surface area contributed by atoms with E-state index in [1.165, 1.54) is 6.92 Å². The molecular weight excluding hydrogens is 209 g/mol. The lowest BCUT2D eigenvalue weighted by atomic mass is 9.83. The summed E-state index contributed by atoms with van der Waals surface area (Å²) in [7, 11) is 4.43. The number of hydrogen-bond donors (Lipinski definition) is 1. The first kappa shape index (κ1) is 13.2. The Morgan fingerprint density at radius 3 is 2.50 bits per heavy atom. The quantitative estimate of drug-likeness (QED) is 0.394. The van der Waals surface area contributed by atoms with Crippen molar-refractivity contribution in [3.8, 4) is 0 Å². The molecule has 0 radical (unpaired) electrons. The second-order valence-electron chi connectivity index (χ2n) is 4.86. The Morgan fingerprint density at radius 2 is 2.06 bits per heavy atom. The van der Waals surface area contributed by atoms with Gasteiger partial charge in [-0.05, 0) is 0 Å². The van der Waals surface area contributed by atoms with Crippen LogP contribution in [0.2, 0.25) is 5.82 Å². The van der Waals surface area contributed by atoms with Gasteiger partial charge in [-0.15, -0.1) is 7.05 Å². The zero-order valence-electron chi connectivity index (χ0n) is 9.81. The highest BCUT2D eigenvalue weighted by Crippen LogP contribution is 2.38. The van der Waals surface area contributed by atoms with Crippen LogP contribution in [-0.4, -0.2) is 48.5 Å². The van der Waals surface area contributed by atoms with Crippen molar-refractivity contribution in [2.75, 3.05) is 20.1 Å². The van der Waals surface area contributed by atoms with Crippen LogP contribution in [0, 0.1) is 7.05 Å². The fraction of sp³-hybridized carbons (Fsp3) is 0.700. The van der Waals surface area contributed by atoms with Crippen LogP contribution in [0.3, 0.4) is 0 Å². The lowest BCUT2D eigenvalue weighted by Gasteiger charge is -2.35. The van der Waals surface area contributed by atoms with Crippen molar-refractivity contribution in [2.24, 2.45) is 0 Å². The molecule has 1 saturated carbocycles. The highest BCUT2D eigenvalue weighted by molar-refractivity contribution is 6.48. The number of likely N-dealkylation sites (N-methyl/N-ethyl adjacent to an activating group) is 1. The molecule has 1 atom stereocenters. The van der Waals surface area contributed by atoms with Crippen molar-refractivity contribution in [1.29, 1.82) is 0 Å². The van der Waals surface area contributed by atoms with Gasteiger partial charge in [0, 0.05) is 19.8 Å². The zero-order chi connectivity index (χ0) is 12.3. The molecule has 90 valence electrons. The molecule has 0 aliphatic heterocycles. The Hall–Kier alpha value is -0.875. The summed E-state index contributed by atoms with van der Waals surface area (Å²) >= 11 is 0. The van der Waals surface area contributed by atoms with E-state index >= 15 is 0 Å². The second-order valence-corrected chi connectivity index (χ2v) is 4.86. The van der Waals surface area contributed by atoms with Gasteiger partial charge < -0.3 is 14.2 Å². The van der Waals surface area contributed by atoms with Gasteiger partial charge in [0.25, 0.3) is 0 Å². The van der Waals surface area contributed by atoms with Gasteiger partial charge >= 0.3 is 13.1 Å². The van der Waals surface area contributed by atoms with Gasteiger partial charge in [0.2, 0.25) is 0 Å². The standard InChI is InChI=1S/C10H18BNO4/c1-8(13)6-12(2,3)7-10(14)16-11(15)9-4-5-9/h9,15H,2,4-7H2,1,3H3. The molecule has 1 unspecified atom stereocenters. The Morgan fingerprint density at radius 1 is 1.50 bits per heavy atom. The van der Waals surface area contributed by atoms with Gasteiger partial charge in [-0.3, -0.25) is 4.79 Å². The van der Waals surface area contributed by atoms with Crippen molar-refractivity contribution >= 4 is 18.9 Å². The van der Waals surface area contributed by atoms with E-state index in [1.807, 2.05) is 0 Å². The minimum Gasteiger partial charge on any atom is -0.505 e. The molecule has 5 nitrogen and oxygen atoms in total. The summed E-state index contributed by atoms with van der Waals surface area (Å²) in [6.07, 6.45) is 1.80. The number of carbonyl (C=O) groups excluding carboxylic acids is 2. The molecule has 6 heteroatoms. The van der Waals surface area contributed by atoms with Crippen LogP contribution >= 0.6 is 0 Å². The molecule has 1 aliphatic carbocycles. The Bertz CT molecular complexity index is 289. The molecule has 1 fully saturated rings. The van der Waals surface area contributed by atoms with Crippen molar-refractivity contribution in [3.05, 3.63) is 7.05 Å². The van der Waals surface area contributed by atoms with Crippen molar-refractivity contribution < 1.29 is 23.8 Å². The molecule has 0 aromatic rings. The largest absolute Gasteiger partial charge is 0.527 e. The van der Waals surface area contributed by atoms with Crippen LogP contribution in [0.25, 0.3) is 0 Å². The number of nitrogens with zero attached hydrogens (tertiary/aromatic N) is 1. The molecule has 0 amide bonds. The van der Waals surface area contributed by atoms with Crippen LogP contribution in [0.5, 0.6) is 0 Å². The average Bonchev–Trinajstić information content (AvgIpc) is 2.79. The maximum absolute atomic E-state index is 11.4. The van der Waals surface area contributed by atoms with Gasteiger partial charge in [0.05, 0.1) is 0 Å². The molecule has 0 aromatic heterocycles. The average molecular weight is 227 g/mol. The minimum atomic E-state index is -0.996. The molecule has 1 N–H and O–H groups in total. The fourth-order valence-electron chi connectivity index (χ4n) is 1.55. The topological polar surface area (TPSA) is 63.6 Å². The second kappa shape index (κ2) is 4.97. The predicted octanol–water partition coefficient (Wildman–Crippen LogP) is 0.00129. The van der Waals surface area contributed by atoms with E-state index in [0.717, 1.165) is 12.8 Å². The molecule has 0 spiro atoms. The lowest BCUT2D eigenvalue weighted by Crippen LogP contribution is -2.46. The first-order chi connectivity index (χ1) is 7.30. The molecule has 1 aliphatic rings. The van der Waals surface area contributed by atoms with Crippen LogP contribution in [0.4, 0.5) is 0 Å². The van der Waals surface area contributed by atoms with E-state index in [0.29, 0.717) is 0 Å². The zero-order valence-corrected chi connectivity index (χ0v) is 9.81. The van der Waals surface area contributed by atoms with E-state index in [1.54, 1.807) is 7.05 Å². The summed E-state index contributed by atoms with van der Waals surface area (Å²) < 4.78 is 4.85. The molecule has 16 heavy (non-hydrogen) atoms. The lowest BCUT2D eigenvalue weighted by molar-refractivity contribution is -0.850. The summed E-state index contributed by atoms with van der Waals surface area (Å²) in [4.78, 5) is 22.4. The van der Waals surface area contributed by atoms with Crippen LogP contribution < -0.4 is 0 Å². The number of Topliss-reactive ketones (excluding diaryl/α,β-unsaturated/α-hetero) is 1. The van der Waals surface area contributed by atoms with Crippen molar-refractivity contribution in [1.82, 2.24) is 0 Å². The summed E-state index contributed by atoms with van der Waals surface area (Å²) in [5.41, 5.74) is 0. The number of ketones is 1. The molecular formula is C10H18BNO4. The number of carbonyl (C=O) groups is 2. The normalized spacial score (nSPS) is 18.8. The third kappa shape index (κ3) is 4.76. The van der Waals surface area contributed by atoms with E-state index in [2.05, 4.69) is 7.05 Å². The van der Waals surface area contributed by atoms with E-state index in [4.69, 9.17) is 4.65 Å². The Kier molecular flexibility index (Phi) is 4.10. The number of quaternary nitrogens is 1. The SMILES string of the molecule is [CH2-][N+](C)(CC(C)=O)CC(=O)OB(O)C1CC1. The van der Waals surface area contributed by atoms with E-state index in [9.17, 15) is 14.6 Å². The van der Waals surface area contributed by atoms with E-state index in [-0.39, 0.29) is 29.2 Å². The van der Waals surface area contributed by atoms with Crippen LogP contribution in [0.1, 0.15) is 19.8 Å². The van der Waals surface area contributed by atoms with Gasteiger partial charge in [0.15, 0.2) is 12.3 Å². The molecule has 0 saturated heterocycles. The monoisotopic (exact) mass is 227 g/mol. The summed E-state index contributed by atoms with van der Waals surface area (Å²) in [5.74, 6) is -0.452. The van der Waals surface area contributed by atoms with Crippen LogP contribution in [-0.2, 0) is 14.2 Å². The van der Waals surface area contributed by atoms with Gasteiger partial charge in [-0.1, -0.05) is 12.8 Å². The summed E-state index contributed by atoms with van der Waals surface area (Å²) in [6, 6.07) is 0. The van der Waals surface area contributed by atoms with Gasteiger partial charge in [0.1, 0.15) is 6.54 Å². The maximum Gasteiger partial charge on any atom is 0.527 e. The molecule has 0 heterocycles. The third-order valence-electron chi connectivity index (χ3n) is 2.39. The molecule has 1 rings (SSSR count). The van der Waals surface area contributed by atoms with Crippen molar-refractivity contribution in [2.45, 2.75) is 25.6 Å². The van der Waals surface area contributed by atoms with Crippen LogP contribution in [0.15, 0.2) is 0 Å². The number of hydrogen-bond acceptors (Lipinski definition) is 4. The van der Waals surface area contributed by atoms with Gasteiger partial charge in [-0.25, -0.2) is 4.79 Å². The number of rotatable bonds is 6. The summed E-state index contributed by atoms with van der Waals surface area (Å²) in [6.45, 7) is 1.62. The summed E-state index contributed by atoms with van der Waals surface area (Å²) in [5, 5.41) is 9.40. The Balaban J connectivity index is 2.34. The molecule has 0 bridgehead atoms. The van der Waals surface area contributed by atoms with Gasteiger partial charge in [-0.2, -0.15) is 0 Å². The highest BCUT2D eigenvalue weighted by Gasteiger charge is 2.39. The Labute approximate surface area is 96.1 Å². The fourth-order valence-corrected chi connectivity index (χ4v) is 1.55.